The van der Waals surface area contributed by atoms with Gasteiger partial charge in [-0.3, -0.25) is 4.79 Å². The van der Waals surface area contributed by atoms with Crippen LogP contribution in [0, 0.1) is 5.92 Å². The van der Waals surface area contributed by atoms with Crippen LogP contribution in [0.2, 0.25) is 0 Å². The average molecular weight is 335 g/mol. The van der Waals surface area contributed by atoms with Crippen molar-refractivity contribution in [2.45, 2.75) is 32.8 Å². The van der Waals surface area contributed by atoms with Gasteiger partial charge in [0.1, 0.15) is 12.4 Å². The Labute approximate surface area is 142 Å². The number of carbonyl (C=O) groups excluding carboxylic acids is 2. The minimum absolute atomic E-state index is 0.199. The zero-order valence-electron chi connectivity index (χ0n) is 14.3. The highest BCUT2D eigenvalue weighted by Crippen LogP contribution is 2.19. The van der Waals surface area contributed by atoms with Crippen molar-refractivity contribution in [2.75, 3.05) is 26.8 Å². The maximum Gasteiger partial charge on any atom is 0.410 e. The molecule has 0 saturated carbocycles. The van der Waals surface area contributed by atoms with Gasteiger partial charge in [-0.25, -0.2) is 4.79 Å². The summed E-state index contributed by atoms with van der Waals surface area (Å²) in [6, 6.07) is 7.34. The monoisotopic (exact) mass is 335 g/mol. The first-order valence-corrected chi connectivity index (χ1v) is 8.35. The fourth-order valence-electron chi connectivity index (χ4n) is 2.51. The van der Waals surface area contributed by atoms with Gasteiger partial charge in [0.2, 0.25) is 0 Å². The molecule has 2 rings (SSSR count). The number of hydrogen-bond donors (Lipinski definition) is 0. The second-order valence-corrected chi connectivity index (χ2v) is 5.86. The third-order valence-corrected chi connectivity index (χ3v) is 4.04. The molecule has 0 aromatic heterocycles. The van der Waals surface area contributed by atoms with Crippen molar-refractivity contribution < 1.29 is 23.8 Å². The van der Waals surface area contributed by atoms with Crippen molar-refractivity contribution in [1.82, 2.24) is 4.90 Å². The second-order valence-electron chi connectivity index (χ2n) is 5.86. The lowest BCUT2D eigenvalue weighted by atomic mass is 10.1. The zero-order valence-corrected chi connectivity index (χ0v) is 14.3. The smallest absolute Gasteiger partial charge is 0.410 e. The molecule has 1 saturated heterocycles. The summed E-state index contributed by atoms with van der Waals surface area (Å²) in [4.78, 5) is 25.6. The maximum atomic E-state index is 12.1. The van der Waals surface area contributed by atoms with E-state index in [1.165, 1.54) is 0 Å². The van der Waals surface area contributed by atoms with Crippen molar-refractivity contribution in [3.8, 4) is 5.75 Å². The first-order chi connectivity index (χ1) is 11.6. The molecule has 132 valence electrons. The van der Waals surface area contributed by atoms with Gasteiger partial charge >= 0.3 is 12.1 Å². The minimum Gasteiger partial charge on any atom is -0.497 e. The number of ether oxygens (including phenoxy) is 3. The average Bonchev–Trinajstić information content (AvgIpc) is 3.10. The number of rotatable bonds is 7. The largest absolute Gasteiger partial charge is 0.497 e. The van der Waals surface area contributed by atoms with E-state index >= 15 is 0 Å². The molecule has 1 atom stereocenters. The Morgan fingerprint density at radius 1 is 1.21 bits per heavy atom. The summed E-state index contributed by atoms with van der Waals surface area (Å²) in [6.45, 7) is 3.59. The van der Waals surface area contributed by atoms with Gasteiger partial charge in [0.05, 0.1) is 19.6 Å². The van der Waals surface area contributed by atoms with Gasteiger partial charge in [-0.05, 0) is 30.5 Å². The Balaban J connectivity index is 1.74. The third kappa shape index (κ3) is 5.15. The molecule has 1 fully saturated rings. The summed E-state index contributed by atoms with van der Waals surface area (Å²) in [5.41, 5.74) is 0.888. The van der Waals surface area contributed by atoms with Gasteiger partial charge in [-0.2, -0.15) is 0 Å². The van der Waals surface area contributed by atoms with Crippen LogP contribution in [0.5, 0.6) is 5.75 Å². The van der Waals surface area contributed by atoms with Gasteiger partial charge in [0, 0.05) is 13.1 Å². The van der Waals surface area contributed by atoms with Gasteiger partial charge in [-0.15, -0.1) is 0 Å². The SMILES string of the molecule is CCCCOC(=O)C1CCN(C(=O)OCc2ccc(OC)cc2)C1. The molecule has 1 aromatic carbocycles. The molecule has 0 radical (unpaired) electrons. The van der Waals surface area contributed by atoms with E-state index in [4.69, 9.17) is 14.2 Å². The van der Waals surface area contributed by atoms with Crippen LogP contribution in [-0.4, -0.2) is 43.8 Å². The summed E-state index contributed by atoms with van der Waals surface area (Å²) in [6.07, 6.45) is 2.09. The van der Waals surface area contributed by atoms with Gasteiger partial charge < -0.3 is 19.1 Å². The topological polar surface area (TPSA) is 65.1 Å². The van der Waals surface area contributed by atoms with E-state index < -0.39 is 6.09 Å². The van der Waals surface area contributed by atoms with Crippen LogP contribution in [0.3, 0.4) is 0 Å². The number of esters is 1. The molecule has 1 aliphatic rings. The number of carbonyl (C=O) groups is 2. The van der Waals surface area contributed by atoms with E-state index in [9.17, 15) is 9.59 Å². The van der Waals surface area contributed by atoms with E-state index in [2.05, 4.69) is 0 Å². The third-order valence-electron chi connectivity index (χ3n) is 4.04. The summed E-state index contributed by atoms with van der Waals surface area (Å²) in [7, 11) is 1.60. The predicted molar refractivity (Wildman–Crippen MR) is 88.7 cm³/mol. The number of likely N-dealkylation sites (tertiary alicyclic amines) is 1. The fraction of sp³-hybridized carbons (Fsp3) is 0.556. The highest BCUT2D eigenvalue weighted by molar-refractivity contribution is 5.75. The first-order valence-electron chi connectivity index (χ1n) is 8.35. The van der Waals surface area contributed by atoms with Gasteiger partial charge in [-0.1, -0.05) is 25.5 Å². The normalized spacial score (nSPS) is 16.8. The molecule has 0 bridgehead atoms. The van der Waals surface area contributed by atoms with Crippen LogP contribution in [0.4, 0.5) is 4.79 Å². The maximum absolute atomic E-state index is 12.1. The quantitative estimate of drug-likeness (QED) is 0.566. The summed E-state index contributed by atoms with van der Waals surface area (Å²) in [5.74, 6) is 0.304. The van der Waals surface area contributed by atoms with E-state index in [1.807, 2.05) is 31.2 Å². The Kier molecular flexibility index (Phi) is 6.90. The van der Waals surface area contributed by atoms with E-state index in [1.54, 1.807) is 12.0 Å². The van der Waals surface area contributed by atoms with Crippen molar-refractivity contribution in [2.24, 2.45) is 5.92 Å². The summed E-state index contributed by atoms with van der Waals surface area (Å²) < 4.78 is 15.6. The molecular formula is C18H25NO5. The molecule has 1 amide bonds. The van der Waals surface area contributed by atoms with E-state index in [0.29, 0.717) is 26.1 Å². The summed E-state index contributed by atoms with van der Waals surface area (Å²) in [5, 5.41) is 0. The molecule has 1 unspecified atom stereocenters. The molecular weight excluding hydrogens is 310 g/mol. The Morgan fingerprint density at radius 2 is 1.96 bits per heavy atom. The van der Waals surface area contributed by atoms with Crippen molar-refractivity contribution in [3.63, 3.8) is 0 Å². The molecule has 24 heavy (non-hydrogen) atoms. The van der Waals surface area contributed by atoms with Crippen LogP contribution in [0.25, 0.3) is 0 Å². The molecule has 6 heteroatoms. The van der Waals surface area contributed by atoms with Crippen molar-refractivity contribution in [1.29, 1.82) is 0 Å². The molecule has 6 nitrogen and oxygen atoms in total. The first kappa shape index (κ1) is 18.1. The molecule has 0 N–H and O–H groups in total. The molecule has 0 spiro atoms. The van der Waals surface area contributed by atoms with Crippen LogP contribution in [0.1, 0.15) is 31.7 Å². The predicted octanol–water partition coefficient (Wildman–Crippen LogP) is 3.00. The highest BCUT2D eigenvalue weighted by Gasteiger charge is 2.32. The Bertz CT molecular complexity index is 543. The Morgan fingerprint density at radius 3 is 2.62 bits per heavy atom. The molecule has 1 aliphatic heterocycles. The lowest BCUT2D eigenvalue weighted by Crippen LogP contribution is -2.30. The van der Waals surface area contributed by atoms with Crippen molar-refractivity contribution >= 4 is 12.1 Å². The number of nitrogens with zero attached hydrogens (tertiary/aromatic N) is 1. The number of methoxy groups -OCH3 is 1. The fourth-order valence-corrected chi connectivity index (χ4v) is 2.51. The van der Waals surface area contributed by atoms with E-state index in [0.717, 1.165) is 24.2 Å². The molecule has 0 aliphatic carbocycles. The van der Waals surface area contributed by atoms with E-state index in [-0.39, 0.29) is 18.5 Å². The van der Waals surface area contributed by atoms with Crippen LogP contribution >= 0.6 is 0 Å². The van der Waals surface area contributed by atoms with Gasteiger partial charge in [0.15, 0.2) is 0 Å². The van der Waals surface area contributed by atoms with Crippen LogP contribution in [-0.2, 0) is 20.9 Å². The van der Waals surface area contributed by atoms with Crippen molar-refractivity contribution in [3.05, 3.63) is 29.8 Å². The summed E-state index contributed by atoms with van der Waals surface area (Å²) >= 11 is 0. The molecule has 1 heterocycles. The van der Waals surface area contributed by atoms with Crippen LogP contribution < -0.4 is 4.74 Å². The lowest BCUT2D eigenvalue weighted by Gasteiger charge is -2.16. The number of benzene rings is 1. The zero-order chi connectivity index (χ0) is 17.4. The Hall–Kier alpha value is -2.24. The number of unbranched alkanes of at least 4 members (excludes halogenated alkanes) is 1. The standard InChI is InChI=1S/C18H25NO5/c1-3-4-11-23-17(20)15-9-10-19(12-15)18(21)24-13-14-5-7-16(22-2)8-6-14/h5-8,15H,3-4,9-13H2,1-2H3. The lowest BCUT2D eigenvalue weighted by molar-refractivity contribution is -0.148. The second kappa shape index (κ2) is 9.15. The molecule has 1 aromatic rings. The highest BCUT2D eigenvalue weighted by atomic mass is 16.6. The minimum atomic E-state index is -0.394. The number of amides is 1. The van der Waals surface area contributed by atoms with Gasteiger partial charge in [0.25, 0.3) is 0 Å². The van der Waals surface area contributed by atoms with Crippen LogP contribution in [0.15, 0.2) is 24.3 Å². The number of hydrogen-bond acceptors (Lipinski definition) is 5.